The van der Waals surface area contributed by atoms with E-state index in [1.165, 1.54) is 51.5 Å². The normalized spacial score (nSPS) is 29.8. The molecule has 16 heavy (non-hydrogen) atoms. The van der Waals surface area contributed by atoms with Gasteiger partial charge in [0.25, 0.3) is 0 Å². The van der Waals surface area contributed by atoms with Gasteiger partial charge in [-0.15, -0.1) is 0 Å². The van der Waals surface area contributed by atoms with Crippen molar-refractivity contribution < 1.29 is 4.74 Å². The van der Waals surface area contributed by atoms with Crippen molar-refractivity contribution in [2.45, 2.75) is 64.8 Å². The summed E-state index contributed by atoms with van der Waals surface area (Å²) in [7, 11) is 1.79. The Bertz CT molecular complexity index is 184. The first-order valence-electron chi connectivity index (χ1n) is 6.92. The zero-order chi connectivity index (χ0) is 11.9. The van der Waals surface area contributed by atoms with Crippen molar-refractivity contribution in [1.29, 1.82) is 0 Å². The fourth-order valence-electron chi connectivity index (χ4n) is 2.87. The molecule has 0 spiro atoms. The molecule has 2 atom stereocenters. The molecule has 0 amide bonds. The molecule has 2 heteroatoms. The zero-order valence-corrected chi connectivity index (χ0v) is 11.3. The monoisotopic (exact) mass is 227 g/mol. The first-order valence-corrected chi connectivity index (χ1v) is 6.92. The molecule has 2 unspecified atom stereocenters. The minimum Gasteiger partial charge on any atom is -0.385 e. The molecule has 0 aromatic heterocycles. The molecule has 1 rings (SSSR count). The molecule has 0 aromatic rings. The van der Waals surface area contributed by atoms with Crippen molar-refractivity contribution in [1.82, 2.24) is 5.32 Å². The van der Waals surface area contributed by atoms with Crippen LogP contribution in [0.2, 0.25) is 0 Å². The minimum atomic E-state index is 0.596. The van der Waals surface area contributed by atoms with Gasteiger partial charge < -0.3 is 10.1 Å². The topological polar surface area (TPSA) is 21.3 Å². The Kier molecular flexibility index (Phi) is 6.37. The summed E-state index contributed by atoms with van der Waals surface area (Å²) < 4.78 is 5.10. The van der Waals surface area contributed by atoms with E-state index in [-0.39, 0.29) is 0 Å². The lowest BCUT2D eigenvalue weighted by atomic mass is 9.83. The largest absolute Gasteiger partial charge is 0.385 e. The van der Waals surface area contributed by atoms with Gasteiger partial charge in [-0.25, -0.2) is 0 Å². The van der Waals surface area contributed by atoms with Crippen molar-refractivity contribution in [2.24, 2.45) is 5.41 Å². The molecule has 1 saturated carbocycles. The van der Waals surface area contributed by atoms with E-state index in [4.69, 9.17) is 4.74 Å². The molecule has 1 fully saturated rings. The second-order valence-corrected chi connectivity index (χ2v) is 5.65. The van der Waals surface area contributed by atoms with Crippen LogP contribution in [0.1, 0.15) is 58.8 Å². The summed E-state index contributed by atoms with van der Waals surface area (Å²) in [5.74, 6) is 0. The third kappa shape index (κ3) is 4.84. The average molecular weight is 227 g/mol. The van der Waals surface area contributed by atoms with Gasteiger partial charge in [0.15, 0.2) is 0 Å². The summed E-state index contributed by atoms with van der Waals surface area (Å²) in [5, 5.41) is 3.66. The summed E-state index contributed by atoms with van der Waals surface area (Å²) in [6, 6.07) is 0.785. The van der Waals surface area contributed by atoms with E-state index in [1.54, 1.807) is 7.11 Å². The first-order chi connectivity index (χ1) is 7.70. The Balaban J connectivity index is 2.15. The quantitative estimate of drug-likeness (QED) is 0.642. The lowest BCUT2D eigenvalue weighted by Crippen LogP contribution is -2.28. The maximum Gasteiger partial charge on any atom is 0.0462 e. The Labute approximate surface area is 101 Å². The van der Waals surface area contributed by atoms with Gasteiger partial charge >= 0.3 is 0 Å². The standard InChI is InChI=1S/C14H29NO/c1-4-10-15-13-7-9-14(2,12-13)8-5-6-11-16-3/h13,15H,4-12H2,1-3H3. The van der Waals surface area contributed by atoms with Crippen LogP contribution < -0.4 is 5.32 Å². The average Bonchev–Trinajstić information content (AvgIpc) is 2.64. The molecule has 1 N–H and O–H groups in total. The Morgan fingerprint density at radius 2 is 2.19 bits per heavy atom. The van der Waals surface area contributed by atoms with Crippen molar-refractivity contribution in [3.8, 4) is 0 Å². The molecular weight excluding hydrogens is 198 g/mol. The molecule has 0 aliphatic heterocycles. The number of rotatable bonds is 8. The molecule has 0 radical (unpaired) electrons. The molecule has 0 bridgehead atoms. The summed E-state index contributed by atoms with van der Waals surface area (Å²) >= 11 is 0. The van der Waals surface area contributed by atoms with Crippen LogP contribution in [0.15, 0.2) is 0 Å². The van der Waals surface area contributed by atoms with E-state index < -0.39 is 0 Å². The molecule has 0 saturated heterocycles. The van der Waals surface area contributed by atoms with Crippen LogP contribution in [0.4, 0.5) is 0 Å². The molecule has 96 valence electrons. The summed E-state index contributed by atoms with van der Waals surface area (Å²) in [5.41, 5.74) is 0.596. The lowest BCUT2D eigenvalue weighted by molar-refractivity contribution is 0.183. The molecule has 1 aliphatic rings. The van der Waals surface area contributed by atoms with E-state index in [0.29, 0.717) is 5.41 Å². The molecule has 2 nitrogen and oxygen atoms in total. The third-order valence-electron chi connectivity index (χ3n) is 3.90. The zero-order valence-electron chi connectivity index (χ0n) is 11.3. The van der Waals surface area contributed by atoms with Crippen LogP contribution in [0.5, 0.6) is 0 Å². The second-order valence-electron chi connectivity index (χ2n) is 5.65. The maximum atomic E-state index is 5.10. The number of methoxy groups -OCH3 is 1. The van der Waals surface area contributed by atoms with Crippen molar-refractivity contribution in [3.63, 3.8) is 0 Å². The van der Waals surface area contributed by atoms with Crippen LogP contribution in [0.3, 0.4) is 0 Å². The highest BCUT2D eigenvalue weighted by Gasteiger charge is 2.33. The van der Waals surface area contributed by atoms with Gasteiger partial charge in [-0.2, -0.15) is 0 Å². The molecule has 1 aliphatic carbocycles. The summed E-state index contributed by atoms with van der Waals surface area (Å²) in [4.78, 5) is 0. The van der Waals surface area contributed by atoms with Crippen LogP contribution in [0, 0.1) is 5.41 Å². The number of hydrogen-bond acceptors (Lipinski definition) is 2. The van der Waals surface area contributed by atoms with Gasteiger partial charge in [0.2, 0.25) is 0 Å². The highest BCUT2D eigenvalue weighted by molar-refractivity contribution is 4.89. The number of nitrogens with one attached hydrogen (secondary N) is 1. The highest BCUT2D eigenvalue weighted by atomic mass is 16.5. The van der Waals surface area contributed by atoms with E-state index >= 15 is 0 Å². The van der Waals surface area contributed by atoms with Crippen LogP contribution in [-0.2, 0) is 4.74 Å². The Hall–Kier alpha value is -0.0800. The lowest BCUT2D eigenvalue weighted by Gasteiger charge is -2.24. The maximum absolute atomic E-state index is 5.10. The van der Waals surface area contributed by atoms with Gasteiger partial charge in [0.05, 0.1) is 0 Å². The molecular formula is C14H29NO. The Morgan fingerprint density at radius 1 is 1.38 bits per heavy atom. The van der Waals surface area contributed by atoms with Crippen molar-refractivity contribution >= 4 is 0 Å². The molecule has 0 aromatic carbocycles. The van der Waals surface area contributed by atoms with Gasteiger partial charge in [0, 0.05) is 19.8 Å². The third-order valence-corrected chi connectivity index (χ3v) is 3.90. The van der Waals surface area contributed by atoms with Crippen LogP contribution >= 0.6 is 0 Å². The number of hydrogen-bond donors (Lipinski definition) is 1. The summed E-state index contributed by atoms with van der Waals surface area (Å²) in [6.45, 7) is 6.82. The van der Waals surface area contributed by atoms with Crippen LogP contribution in [-0.4, -0.2) is 26.3 Å². The van der Waals surface area contributed by atoms with Crippen LogP contribution in [0.25, 0.3) is 0 Å². The van der Waals surface area contributed by atoms with Crippen molar-refractivity contribution in [2.75, 3.05) is 20.3 Å². The first kappa shape index (κ1) is 14.0. The highest BCUT2D eigenvalue weighted by Crippen LogP contribution is 2.41. The van der Waals surface area contributed by atoms with Gasteiger partial charge in [-0.05, 0) is 50.5 Å². The fraction of sp³-hybridized carbons (Fsp3) is 1.00. The van der Waals surface area contributed by atoms with E-state index in [9.17, 15) is 0 Å². The number of ether oxygens (including phenoxy) is 1. The fourth-order valence-corrected chi connectivity index (χ4v) is 2.87. The second kappa shape index (κ2) is 7.29. The van der Waals surface area contributed by atoms with Gasteiger partial charge in [-0.3, -0.25) is 0 Å². The Morgan fingerprint density at radius 3 is 2.88 bits per heavy atom. The SMILES string of the molecule is CCCNC1CCC(C)(CCCCOC)C1. The predicted molar refractivity (Wildman–Crippen MR) is 69.8 cm³/mol. The molecule has 0 heterocycles. The van der Waals surface area contributed by atoms with E-state index in [0.717, 1.165) is 12.6 Å². The van der Waals surface area contributed by atoms with Gasteiger partial charge in [-0.1, -0.05) is 20.3 Å². The van der Waals surface area contributed by atoms with E-state index in [2.05, 4.69) is 19.2 Å². The predicted octanol–water partition coefficient (Wildman–Crippen LogP) is 3.36. The summed E-state index contributed by atoms with van der Waals surface area (Å²) in [6.07, 6.45) is 9.33. The minimum absolute atomic E-state index is 0.596. The smallest absolute Gasteiger partial charge is 0.0462 e. The van der Waals surface area contributed by atoms with Crippen molar-refractivity contribution in [3.05, 3.63) is 0 Å². The van der Waals surface area contributed by atoms with Gasteiger partial charge in [0.1, 0.15) is 0 Å². The number of unbranched alkanes of at least 4 members (excludes halogenated alkanes) is 1. The van der Waals surface area contributed by atoms with E-state index in [1.807, 2.05) is 0 Å².